The van der Waals surface area contributed by atoms with Crippen LogP contribution in [0.3, 0.4) is 0 Å². The molecule has 0 aliphatic rings. The molecular formula is C16H11N5O3. The summed E-state index contributed by atoms with van der Waals surface area (Å²) in [6, 6.07) is 9.17. The molecule has 0 amide bonds. The van der Waals surface area contributed by atoms with E-state index in [1.807, 2.05) is 6.07 Å². The second kappa shape index (κ2) is 6.58. The number of nitrogens with zero attached hydrogens (tertiary/aromatic N) is 5. The van der Waals surface area contributed by atoms with Gasteiger partial charge >= 0.3 is 5.97 Å². The third-order valence-electron chi connectivity index (χ3n) is 3.11. The number of carbonyl (C=O) groups is 1. The van der Waals surface area contributed by atoms with E-state index in [2.05, 4.69) is 21.1 Å². The van der Waals surface area contributed by atoms with Crippen LogP contribution in [0.2, 0.25) is 0 Å². The molecule has 2 aromatic heterocycles. The second-order valence-electron chi connectivity index (χ2n) is 4.80. The number of aromatic carboxylic acids is 1. The minimum absolute atomic E-state index is 0.0521. The van der Waals surface area contributed by atoms with Gasteiger partial charge in [0, 0.05) is 6.20 Å². The van der Waals surface area contributed by atoms with E-state index >= 15 is 0 Å². The highest BCUT2D eigenvalue weighted by atomic mass is 16.5. The van der Waals surface area contributed by atoms with Gasteiger partial charge in [-0.2, -0.15) is 10.4 Å². The van der Waals surface area contributed by atoms with E-state index < -0.39 is 5.97 Å². The van der Waals surface area contributed by atoms with Crippen LogP contribution in [0.25, 0.3) is 5.95 Å². The molecule has 2 heterocycles. The summed E-state index contributed by atoms with van der Waals surface area (Å²) in [7, 11) is 0. The molecule has 0 bridgehead atoms. The molecule has 1 N–H and O–H groups in total. The minimum Gasteiger partial charge on any atom is -0.486 e. The van der Waals surface area contributed by atoms with Gasteiger partial charge in [0.15, 0.2) is 5.75 Å². The molecule has 1 aromatic carbocycles. The zero-order valence-electron chi connectivity index (χ0n) is 12.3. The van der Waals surface area contributed by atoms with Crippen LogP contribution in [-0.4, -0.2) is 30.8 Å². The Labute approximate surface area is 136 Å². The Kier molecular flexibility index (Phi) is 4.16. The van der Waals surface area contributed by atoms with Crippen molar-refractivity contribution in [1.82, 2.24) is 19.7 Å². The lowest BCUT2D eigenvalue weighted by atomic mass is 10.1. The number of aromatic nitrogens is 4. The van der Waals surface area contributed by atoms with Crippen molar-refractivity contribution in [2.75, 3.05) is 0 Å². The number of carboxylic acid groups (broad SMARTS) is 1. The maximum absolute atomic E-state index is 10.8. The van der Waals surface area contributed by atoms with E-state index in [0.29, 0.717) is 11.3 Å². The molecule has 3 aromatic rings. The molecule has 118 valence electrons. The highest BCUT2D eigenvalue weighted by molar-refractivity contribution is 5.86. The predicted octanol–water partition coefficient (Wildman–Crippen LogP) is 1.81. The first-order valence-corrected chi connectivity index (χ1v) is 6.88. The normalized spacial score (nSPS) is 10.1. The van der Waals surface area contributed by atoms with Gasteiger partial charge in [0.25, 0.3) is 5.95 Å². The molecular weight excluding hydrogens is 310 g/mol. The van der Waals surface area contributed by atoms with Crippen LogP contribution in [0.4, 0.5) is 0 Å². The van der Waals surface area contributed by atoms with E-state index in [9.17, 15) is 4.79 Å². The van der Waals surface area contributed by atoms with Crippen LogP contribution in [0.1, 0.15) is 21.5 Å². The topological polar surface area (TPSA) is 114 Å². The van der Waals surface area contributed by atoms with Gasteiger partial charge in [-0.1, -0.05) is 12.1 Å². The molecule has 0 saturated heterocycles. The molecule has 0 saturated carbocycles. The lowest BCUT2D eigenvalue weighted by Crippen LogP contribution is -2.03. The Morgan fingerprint density at radius 2 is 2.08 bits per heavy atom. The van der Waals surface area contributed by atoms with Crippen LogP contribution >= 0.6 is 0 Å². The number of ether oxygens (including phenoxy) is 1. The average Bonchev–Trinajstić information content (AvgIpc) is 3.11. The van der Waals surface area contributed by atoms with E-state index in [1.54, 1.807) is 18.2 Å². The van der Waals surface area contributed by atoms with Crippen molar-refractivity contribution in [3.8, 4) is 17.8 Å². The molecule has 8 nitrogen and oxygen atoms in total. The summed E-state index contributed by atoms with van der Waals surface area (Å²) in [6.07, 6.45) is 5.49. The largest absolute Gasteiger partial charge is 0.486 e. The Morgan fingerprint density at radius 1 is 1.29 bits per heavy atom. The number of benzene rings is 1. The fourth-order valence-electron chi connectivity index (χ4n) is 1.94. The number of hydrogen-bond acceptors (Lipinski definition) is 6. The summed E-state index contributed by atoms with van der Waals surface area (Å²) >= 11 is 0. The van der Waals surface area contributed by atoms with Crippen molar-refractivity contribution in [3.63, 3.8) is 0 Å². The van der Waals surface area contributed by atoms with Crippen LogP contribution in [0.15, 0.2) is 49.1 Å². The second-order valence-corrected chi connectivity index (χ2v) is 4.80. The highest BCUT2D eigenvalue weighted by Crippen LogP contribution is 2.12. The summed E-state index contributed by atoms with van der Waals surface area (Å²) in [6.45, 7) is 0.281. The first kappa shape index (κ1) is 15.2. The van der Waals surface area contributed by atoms with Crippen LogP contribution < -0.4 is 4.74 Å². The third-order valence-corrected chi connectivity index (χ3v) is 3.11. The van der Waals surface area contributed by atoms with Gasteiger partial charge in [-0.15, -0.1) is 0 Å². The summed E-state index contributed by atoms with van der Waals surface area (Å²) in [5.74, 6) is -0.381. The SMILES string of the molecule is N#Cc1cccc(COc2cnc(-n3cc(C(=O)O)cn3)nc2)c1. The van der Waals surface area contributed by atoms with Crippen molar-refractivity contribution in [2.45, 2.75) is 6.61 Å². The van der Waals surface area contributed by atoms with Gasteiger partial charge in [-0.25, -0.2) is 19.4 Å². The third kappa shape index (κ3) is 3.36. The summed E-state index contributed by atoms with van der Waals surface area (Å²) < 4.78 is 6.84. The Bertz CT molecular complexity index is 912. The number of hydrogen-bond donors (Lipinski definition) is 1. The van der Waals surface area contributed by atoms with Crippen molar-refractivity contribution >= 4 is 5.97 Å². The summed E-state index contributed by atoms with van der Waals surface area (Å²) in [4.78, 5) is 19.0. The van der Waals surface area contributed by atoms with Gasteiger partial charge in [-0.3, -0.25) is 0 Å². The predicted molar refractivity (Wildman–Crippen MR) is 81.6 cm³/mol. The average molecular weight is 321 g/mol. The van der Waals surface area contributed by atoms with Crippen LogP contribution in [0, 0.1) is 11.3 Å². The van der Waals surface area contributed by atoms with Gasteiger partial charge < -0.3 is 9.84 Å². The molecule has 0 fully saturated rings. The monoisotopic (exact) mass is 321 g/mol. The maximum atomic E-state index is 10.8. The maximum Gasteiger partial charge on any atom is 0.338 e. The van der Waals surface area contributed by atoms with Gasteiger partial charge in [0.05, 0.1) is 35.8 Å². The fraction of sp³-hybridized carbons (Fsp3) is 0.0625. The van der Waals surface area contributed by atoms with E-state index in [-0.39, 0.29) is 18.1 Å². The number of nitriles is 1. The van der Waals surface area contributed by atoms with Gasteiger partial charge in [0.1, 0.15) is 6.61 Å². The minimum atomic E-state index is -1.07. The molecule has 3 rings (SSSR count). The zero-order valence-corrected chi connectivity index (χ0v) is 12.3. The molecule has 0 aliphatic heterocycles. The van der Waals surface area contributed by atoms with Crippen LogP contribution in [0.5, 0.6) is 5.75 Å². The zero-order chi connectivity index (χ0) is 16.9. The number of carboxylic acids is 1. The van der Waals surface area contributed by atoms with Crippen molar-refractivity contribution in [3.05, 3.63) is 65.7 Å². The molecule has 8 heteroatoms. The first-order chi connectivity index (χ1) is 11.7. The molecule has 24 heavy (non-hydrogen) atoms. The Balaban J connectivity index is 1.68. The Morgan fingerprint density at radius 3 is 2.75 bits per heavy atom. The quantitative estimate of drug-likeness (QED) is 0.762. The van der Waals surface area contributed by atoms with Crippen molar-refractivity contribution in [2.24, 2.45) is 0 Å². The standard InChI is InChI=1S/C16H11N5O3/c17-5-11-2-1-3-12(4-11)10-24-14-7-18-16(19-8-14)21-9-13(6-20-21)15(22)23/h1-4,6-9H,10H2,(H,22,23). The molecule has 0 atom stereocenters. The van der Waals surface area contributed by atoms with E-state index in [1.165, 1.54) is 29.5 Å². The van der Waals surface area contributed by atoms with Gasteiger partial charge in [-0.05, 0) is 17.7 Å². The number of rotatable bonds is 5. The lowest BCUT2D eigenvalue weighted by molar-refractivity contribution is 0.0697. The molecule has 0 spiro atoms. The summed E-state index contributed by atoms with van der Waals surface area (Å²) in [5, 5.41) is 21.6. The van der Waals surface area contributed by atoms with E-state index in [0.717, 1.165) is 5.56 Å². The fourth-order valence-corrected chi connectivity index (χ4v) is 1.94. The molecule has 0 aliphatic carbocycles. The smallest absolute Gasteiger partial charge is 0.338 e. The van der Waals surface area contributed by atoms with Crippen molar-refractivity contribution in [1.29, 1.82) is 5.26 Å². The van der Waals surface area contributed by atoms with Gasteiger partial charge in [0.2, 0.25) is 0 Å². The highest BCUT2D eigenvalue weighted by Gasteiger charge is 2.09. The summed E-state index contributed by atoms with van der Waals surface area (Å²) in [5.41, 5.74) is 1.48. The molecule has 0 radical (unpaired) electrons. The van der Waals surface area contributed by atoms with E-state index in [4.69, 9.17) is 15.1 Å². The van der Waals surface area contributed by atoms with Crippen molar-refractivity contribution < 1.29 is 14.6 Å². The van der Waals surface area contributed by atoms with Crippen LogP contribution in [-0.2, 0) is 6.61 Å². The first-order valence-electron chi connectivity index (χ1n) is 6.88. The Hall–Kier alpha value is -3.73. The molecule has 0 unspecified atom stereocenters. The lowest BCUT2D eigenvalue weighted by Gasteiger charge is -2.06.